The number of rotatable bonds is 4. The molecule has 0 aliphatic rings. The zero-order valence-corrected chi connectivity index (χ0v) is 11.7. The van der Waals surface area contributed by atoms with Crippen LogP contribution in [-0.4, -0.2) is 18.2 Å². The molecular weight excluding hydrogens is 288 g/mol. The SMILES string of the molecule is CCn1ncc(S(=O)(=O)Nc2cc(F)ccc2F)c1C. The van der Waals surface area contributed by atoms with Crippen LogP contribution in [0.1, 0.15) is 12.6 Å². The molecule has 20 heavy (non-hydrogen) atoms. The number of sulfonamides is 1. The number of halogens is 2. The summed E-state index contributed by atoms with van der Waals surface area (Å²) in [6, 6.07) is 2.55. The zero-order valence-electron chi connectivity index (χ0n) is 10.9. The number of hydrogen-bond acceptors (Lipinski definition) is 3. The van der Waals surface area contributed by atoms with Crippen LogP contribution in [-0.2, 0) is 16.6 Å². The average molecular weight is 301 g/mol. The van der Waals surface area contributed by atoms with E-state index in [4.69, 9.17) is 0 Å². The van der Waals surface area contributed by atoms with Gasteiger partial charge in [0, 0.05) is 12.6 Å². The molecule has 108 valence electrons. The molecule has 1 aromatic carbocycles. The minimum Gasteiger partial charge on any atom is -0.276 e. The smallest absolute Gasteiger partial charge is 0.265 e. The fourth-order valence-corrected chi connectivity index (χ4v) is 3.02. The Hall–Kier alpha value is -1.96. The summed E-state index contributed by atoms with van der Waals surface area (Å²) in [5, 5.41) is 3.91. The molecule has 2 rings (SSSR count). The summed E-state index contributed by atoms with van der Waals surface area (Å²) >= 11 is 0. The fraction of sp³-hybridized carbons (Fsp3) is 0.250. The lowest BCUT2D eigenvalue weighted by Gasteiger charge is -2.09. The molecule has 0 saturated carbocycles. The van der Waals surface area contributed by atoms with Gasteiger partial charge in [-0.25, -0.2) is 17.2 Å². The Morgan fingerprint density at radius 1 is 1.35 bits per heavy atom. The Labute approximate surface area is 115 Å². The lowest BCUT2D eigenvalue weighted by atomic mass is 10.3. The van der Waals surface area contributed by atoms with E-state index in [1.807, 2.05) is 11.6 Å². The minimum absolute atomic E-state index is 0.0667. The van der Waals surface area contributed by atoms with Gasteiger partial charge in [-0.3, -0.25) is 9.40 Å². The molecular formula is C12H13F2N3O2S. The molecule has 0 fully saturated rings. The predicted octanol–water partition coefficient (Wildman–Crippen LogP) is 2.29. The lowest BCUT2D eigenvalue weighted by Crippen LogP contribution is -2.15. The van der Waals surface area contributed by atoms with Gasteiger partial charge in [-0.1, -0.05) is 0 Å². The third-order valence-corrected chi connectivity index (χ3v) is 4.29. The minimum atomic E-state index is -4.01. The van der Waals surface area contributed by atoms with Crippen LogP contribution in [0.3, 0.4) is 0 Å². The van der Waals surface area contributed by atoms with E-state index in [0.29, 0.717) is 12.2 Å². The number of hydrogen-bond donors (Lipinski definition) is 1. The number of nitrogens with zero attached hydrogens (tertiary/aromatic N) is 2. The molecule has 0 unspecified atom stereocenters. The van der Waals surface area contributed by atoms with Crippen molar-refractivity contribution in [2.45, 2.75) is 25.3 Å². The van der Waals surface area contributed by atoms with Gasteiger partial charge in [0.2, 0.25) is 0 Å². The third kappa shape index (κ3) is 2.64. The quantitative estimate of drug-likeness (QED) is 0.942. The maximum atomic E-state index is 13.5. The molecule has 0 radical (unpaired) electrons. The van der Waals surface area contributed by atoms with Gasteiger partial charge in [-0.2, -0.15) is 5.10 Å². The van der Waals surface area contributed by atoms with Gasteiger partial charge in [0.05, 0.1) is 17.6 Å². The van der Waals surface area contributed by atoms with E-state index >= 15 is 0 Å². The number of aryl methyl sites for hydroxylation is 1. The second-order valence-corrected chi connectivity index (χ2v) is 5.79. The van der Waals surface area contributed by atoms with Crippen LogP contribution in [0, 0.1) is 18.6 Å². The molecule has 1 aromatic heterocycles. The zero-order chi connectivity index (χ0) is 14.9. The van der Waals surface area contributed by atoms with Crippen molar-refractivity contribution in [3.05, 3.63) is 41.7 Å². The topological polar surface area (TPSA) is 64.0 Å². The molecule has 1 heterocycles. The van der Waals surface area contributed by atoms with Crippen molar-refractivity contribution in [2.75, 3.05) is 4.72 Å². The van der Waals surface area contributed by atoms with Gasteiger partial charge in [0.1, 0.15) is 16.5 Å². The summed E-state index contributed by atoms with van der Waals surface area (Å²) in [5.41, 5.74) is -0.00883. The highest BCUT2D eigenvalue weighted by atomic mass is 32.2. The van der Waals surface area contributed by atoms with Crippen molar-refractivity contribution >= 4 is 15.7 Å². The largest absolute Gasteiger partial charge is 0.276 e. The Morgan fingerprint density at radius 3 is 2.65 bits per heavy atom. The van der Waals surface area contributed by atoms with E-state index in [1.165, 1.54) is 10.9 Å². The van der Waals surface area contributed by atoms with Gasteiger partial charge < -0.3 is 0 Å². The van der Waals surface area contributed by atoms with Gasteiger partial charge in [-0.15, -0.1) is 0 Å². The molecule has 5 nitrogen and oxygen atoms in total. The van der Waals surface area contributed by atoms with E-state index in [9.17, 15) is 17.2 Å². The average Bonchev–Trinajstić information content (AvgIpc) is 2.75. The normalized spacial score (nSPS) is 11.6. The Morgan fingerprint density at radius 2 is 2.05 bits per heavy atom. The highest BCUT2D eigenvalue weighted by Gasteiger charge is 2.22. The van der Waals surface area contributed by atoms with E-state index in [1.54, 1.807) is 6.92 Å². The lowest BCUT2D eigenvalue weighted by molar-refractivity contribution is 0.592. The van der Waals surface area contributed by atoms with Crippen molar-refractivity contribution in [1.29, 1.82) is 0 Å². The molecule has 0 atom stereocenters. The molecule has 0 bridgehead atoms. The van der Waals surface area contributed by atoms with Crippen LogP contribution >= 0.6 is 0 Å². The molecule has 0 amide bonds. The molecule has 0 spiro atoms. The number of anilines is 1. The molecule has 0 aliphatic carbocycles. The standard InChI is InChI=1S/C12H13F2N3O2S/c1-3-17-8(2)12(7-15-17)20(18,19)16-11-6-9(13)4-5-10(11)14/h4-7,16H,3H2,1-2H3. The molecule has 2 aromatic rings. The first-order valence-corrected chi connectivity index (χ1v) is 7.33. The second-order valence-electron chi connectivity index (χ2n) is 4.14. The van der Waals surface area contributed by atoms with Crippen molar-refractivity contribution in [1.82, 2.24) is 9.78 Å². The highest BCUT2D eigenvalue weighted by Crippen LogP contribution is 2.22. The summed E-state index contributed by atoms with van der Waals surface area (Å²) in [6.07, 6.45) is 1.18. The maximum Gasteiger partial charge on any atom is 0.265 e. The number of benzene rings is 1. The van der Waals surface area contributed by atoms with Crippen LogP contribution in [0.4, 0.5) is 14.5 Å². The van der Waals surface area contributed by atoms with Crippen molar-refractivity contribution in [3.8, 4) is 0 Å². The summed E-state index contributed by atoms with van der Waals surface area (Å²) in [7, 11) is -4.01. The van der Waals surface area contributed by atoms with E-state index < -0.39 is 27.3 Å². The highest BCUT2D eigenvalue weighted by molar-refractivity contribution is 7.92. The fourth-order valence-electron chi connectivity index (χ4n) is 1.79. The molecule has 0 aliphatic heterocycles. The molecule has 1 N–H and O–H groups in total. The maximum absolute atomic E-state index is 13.5. The first-order valence-electron chi connectivity index (χ1n) is 5.85. The third-order valence-electron chi connectivity index (χ3n) is 2.82. The van der Waals surface area contributed by atoms with Crippen LogP contribution in [0.25, 0.3) is 0 Å². The van der Waals surface area contributed by atoms with Crippen LogP contribution in [0.5, 0.6) is 0 Å². The monoisotopic (exact) mass is 301 g/mol. The summed E-state index contributed by atoms with van der Waals surface area (Å²) in [4.78, 5) is -0.0667. The van der Waals surface area contributed by atoms with Crippen molar-refractivity contribution < 1.29 is 17.2 Å². The summed E-state index contributed by atoms with van der Waals surface area (Å²) in [5.74, 6) is -1.58. The second kappa shape index (κ2) is 5.20. The number of aromatic nitrogens is 2. The van der Waals surface area contributed by atoms with Gasteiger partial charge in [0.25, 0.3) is 10.0 Å². The van der Waals surface area contributed by atoms with E-state index in [0.717, 1.165) is 18.2 Å². The van der Waals surface area contributed by atoms with Crippen LogP contribution in [0.15, 0.2) is 29.3 Å². The molecule has 0 saturated heterocycles. The predicted molar refractivity (Wildman–Crippen MR) is 69.8 cm³/mol. The Bertz CT molecular complexity index is 741. The summed E-state index contributed by atoms with van der Waals surface area (Å²) in [6.45, 7) is 3.92. The Kier molecular flexibility index (Phi) is 3.76. The van der Waals surface area contributed by atoms with Crippen LogP contribution in [0.2, 0.25) is 0 Å². The van der Waals surface area contributed by atoms with Crippen molar-refractivity contribution in [2.24, 2.45) is 0 Å². The van der Waals surface area contributed by atoms with Gasteiger partial charge in [0.15, 0.2) is 0 Å². The summed E-state index contributed by atoms with van der Waals surface area (Å²) < 4.78 is 54.4. The first-order chi connectivity index (χ1) is 9.35. The Balaban J connectivity index is 2.40. The molecule has 8 heteroatoms. The van der Waals surface area contributed by atoms with E-state index in [-0.39, 0.29) is 4.90 Å². The first kappa shape index (κ1) is 14.4. The van der Waals surface area contributed by atoms with Gasteiger partial charge in [-0.05, 0) is 26.0 Å². The van der Waals surface area contributed by atoms with Crippen LogP contribution < -0.4 is 4.72 Å². The van der Waals surface area contributed by atoms with Crippen molar-refractivity contribution in [3.63, 3.8) is 0 Å². The van der Waals surface area contributed by atoms with Gasteiger partial charge >= 0.3 is 0 Å². The van der Waals surface area contributed by atoms with E-state index in [2.05, 4.69) is 5.10 Å². The number of nitrogens with one attached hydrogen (secondary N) is 1.